The van der Waals surface area contributed by atoms with Crippen molar-refractivity contribution >= 4 is 11.6 Å². The van der Waals surface area contributed by atoms with E-state index in [9.17, 15) is 0 Å². The van der Waals surface area contributed by atoms with Gasteiger partial charge in [0.1, 0.15) is 5.15 Å². The number of halogens is 1. The van der Waals surface area contributed by atoms with Crippen LogP contribution < -0.4 is 5.32 Å². The Labute approximate surface area is 101 Å². The molecule has 2 fully saturated rings. The Bertz CT molecular complexity index is 363. The molecule has 16 heavy (non-hydrogen) atoms. The molecule has 3 heterocycles. The van der Waals surface area contributed by atoms with E-state index in [1.807, 2.05) is 12.3 Å². The third-order valence-corrected chi connectivity index (χ3v) is 4.19. The predicted octanol–water partition coefficient (Wildman–Crippen LogP) is 3.12. The van der Waals surface area contributed by atoms with Crippen LogP contribution in [0.1, 0.15) is 43.6 Å². The van der Waals surface area contributed by atoms with Gasteiger partial charge in [0.2, 0.25) is 0 Å². The monoisotopic (exact) mass is 236 g/mol. The van der Waals surface area contributed by atoms with Crippen LogP contribution in [0.15, 0.2) is 18.3 Å². The van der Waals surface area contributed by atoms with Crippen molar-refractivity contribution in [3.05, 3.63) is 29.0 Å². The molecule has 3 atom stereocenters. The van der Waals surface area contributed by atoms with Crippen molar-refractivity contribution in [3.8, 4) is 0 Å². The Hall–Kier alpha value is -0.600. The van der Waals surface area contributed by atoms with Crippen LogP contribution in [0, 0.1) is 0 Å². The highest BCUT2D eigenvalue weighted by Gasteiger charge is 2.35. The van der Waals surface area contributed by atoms with Crippen LogP contribution in [0.4, 0.5) is 0 Å². The van der Waals surface area contributed by atoms with Crippen LogP contribution in [0.2, 0.25) is 5.15 Å². The third-order valence-electron chi connectivity index (χ3n) is 3.97. The Morgan fingerprint density at radius 2 is 2.12 bits per heavy atom. The van der Waals surface area contributed by atoms with E-state index in [0.717, 1.165) is 6.04 Å². The van der Waals surface area contributed by atoms with Gasteiger partial charge in [0.05, 0.1) is 0 Å². The molecule has 0 radical (unpaired) electrons. The van der Waals surface area contributed by atoms with Crippen molar-refractivity contribution in [2.24, 2.45) is 0 Å². The second kappa shape index (κ2) is 4.34. The largest absolute Gasteiger partial charge is 0.311 e. The average molecular weight is 237 g/mol. The van der Waals surface area contributed by atoms with Gasteiger partial charge in [0.15, 0.2) is 0 Å². The van der Waals surface area contributed by atoms with Gasteiger partial charge in [-0.3, -0.25) is 0 Å². The van der Waals surface area contributed by atoms with Crippen molar-refractivity contribution < 1.29 is 0 Å². The summed E-state index contributed by atoms with van der Waals surface area (Å²) in [4.78, 5) is 4.20. The summed E-state index contributed by atoms with van der Waals surface area (Å²) in [6, 6.07) is 5.44. The molecule has 1 N–H and O–H groups in total. The first-order valence-corrected chi connectivity index (χ1v) is 6.58. The first-order valence-electron chi connectivity index (χ1n) is 6.20. The van der Waals surface area contributed by atoms with Gasteiger partial charge in [0.25, 0.3) is 0 Å². The second-order valence-electron chi connectivity index (χ2n) is 5.01. The summed E-state index contributed by atoms with van der Waals surface area (Å²) in [5.74, 6) is 0.648. The summed E-state index contributed by atoms with van der Waals surface area (Å²) in [7, 11) is 0. The number of hydrogen-bond donors (Lipinski definition) is 1. The topological polar surface area (TPSA) is 24.9 Å². The van der Waals surface area contributed by atoms with E-state index >= 15 is 0 Å². The zero-order valence-corrected chi connectivity index (χ0v) is 10.1. The zero-order valence-electron chi connectivity index (χ0n) is 9.32. The number of nitrogens with zero attached hydrogens (tertiary/aromatic N) is 1. The highest BCUT2D eigenvalue weighted by molar-refractivity contribution is 6.29. The molecule has 0 amide bonds. The molecule has 3 heteroatoms. The molecule has 0 aromatic carbocycles. The molecule has 1 aromatic rings. The average Bonchev–Trinajstić information content (AvgIpc) is 2.52. The molecule has 2 bridgehead atoms. The highest BCUT2D eigenvalue weighted by atomic mass is 35.5. The van der Waals surface area contributed by atoms with Crippen LogP contribution in [0.5, 0.6) is 0 Å². The number of rotatable bonds is 1. The van der Waals surface area contributed by atoms with Crippen molar-refractivity contribution in [2.75, 3.05) is 0 Å². The molecule has 0 spiro atoms. The molecule has 2 nitrogen and oxygen atoms in total. The van der Waals surface area contributed by atoms with E-state index in [0.29, 0.717) is 17.1 Å². The minimum Gasteiger partial charge on any atom is -0.311 e. The lowest BCUT2D eigenvalue weighted by Gasteiger charge is -2.19. The van der Waals surface area contributed by atoms with Crippen molar-refractivity contribution in [2.45, 2.75) is 50.1 Å². The first-order chi connectivity index (χ1) is 7.83. The summed E-state index contributed by atoms with van der Waals surface area (Å²) in [6.45, 7) is 0. The lowest BCUT2D eigenvalue weighted by atomic mass is 9.86. The zero-order chi connectivity index (χ0) is 11.0. The molecule has 1 aromatic heterocycles. The van der Waals surface area contributed by atoms with E-state index in [4.69, 9.17) is 11.6 Å². The van der Waals surface area contributed by atoms with Crippen LogP contribution in [0.25, 0.3) is 0 Å². The highest BCUT2D eigenvalue weighted by Crippen LogP contribution is 2.37. The van der Waals surface area contributed by atoms with Crippen LogP contribution in [-0.4, -0.2) is 17.1 Å². The number of nitrogens with one attached hydrogen (secondary N) is 1. The maximum Gasteiger partial charge on any atom is 0.129 e. The van der Waals surface area contributed by atoms with Gasteiger partial charge in [-0.15, -0.1) is 0 Å². The van der Waals surface area contributed by atoms with Crippen molar-refractivity contribution in [1.82, 2.24) is 10.3 Å². The predicted molar refractivity (Wildman–Crippen MR) is 65.8 cm³/mol. The van der Waals surface area contributed by atoms with Crippen LogP contribution in [0.3, 0.4) is 0 Å². The maximum absolute atomic E-state index is 5.83. The van der Waals surface area contributed by atoms with E-state index in [1.165, 1.54) is 37.7 Å². The van der Waals surface area contributed by atoms with E-state index in [2.05, 4.69) is 16.4 Å². The van der Waals surface area contributed by atoms with Gasteiger partial charge in [-0.05, 0) is 30.9 Å². The molecule has 3 unspecified atom stereocenters. The van der Waals surface area contributed by atoms with Crippen molar-refractivity contribution in [1.29, 1.82) is 0 Å². The Morgan fingerprint density at radius 3 is 2.94 bits per heavy atom. The van der Waals surface area contributed by atoms with Gasteiger partial charge in [-0.1, -0.05) is 30.5 Å². The Morgan fingerprint density at radius 1 is 1.25 bits per heavy atom. The molecule has 3 rings (SSSR count). The molecule has 2 saturated heterocycles. The normalized spacial score (nSPS) is 33.7. The van der Waals surface area contributed by atoms with Gasteiger partial charge >= 0.3 is 0 Å². The molecule has 86 valence electrons. The Balaban J connectivity index is 1.82. The van der Waals surface area contributed by atoms with Crippen LogP contribution >= 0.6 is 11.6 Å². The molecular weight excluding hydrogens is 220 g/mol. The summed E-state index contributed by atoms with van der Waals surface area (Å²) < 4.78 is 0. The number of fused-ring (bicyclic) bond motifs is 2. The lowest BCUT2D eigenvalue weighted by molar-refractivity contribution is 0.497. The van der Waals surface area contributed by atoms with E-state index in [-0.39, 0.29) is 0 Å². The smallest absolute Gasteiger partial charge is 0.129 e. The fraction of sp³-hybridized carbons (Fsp3) is 0.615. The van der Waals surface area contributed by atoms with Gasteiger partial charge < -0.3 is 5.32 Å². The summed E-state index contributed by atoms with van der Waals surface area (Å²) in [5.41, 5.74) is 1.35. The molecule has 2 aliphatic rings. The number of hydrogen-bond acceptors (Lipinski definition) is 2. The molecule has 0 saturated carbocycles. The molecule has 2 aliphatic heterocycles. The standard InChI is InChI=1S/C13H17ClN2/c14-13-6-5-9(8-15-13)11-7-10-3-1-2-4-12(11)16-10/h5-6,8,10-12,16H,1-4,7H2. The van der Waals surface area contributed by atoms with Gasteiger partial charge in [-0.2, -0.15) is 0 Å². The van der Waals surface area contributed by atoms with Gasteiger partial charge in [-0.25, -0.2) is 4.98 Å². The fourth-order valence-electron chi connectivity index (χ4n) is 3.17. The number of pyridine rings is 1. The summed E-state index contributed by atoms with van der Waals surface area (Å²) in [6.07, 6.45) is 8.63. The minimum atomic E-state index is 0.593. The third kappa shape index (κ3) is 1.96. The minimum absolute atomic E-state index is 0.593. The fourth-order valence-corrected chi connectivity index (χ4v) is 3.29. The lowest BCUT2D eigenvalue weighted by Crippen LogP contribution is -2.28. The first kappa shape index (κ1) is 10.5. The second-order valence-corrected chi connectivity index (χ2v) is 5.40. The van der Waals surface area contributed by atoms with Crippen molar-refractivity contribution in [3.63, 3.8) is 0 Å². The maximum atomic E-state index is 5.83. The quantitative estimate of drug-likeness (QED) is 0.758. The number of aromatic nitrogens is 1. The van der Waals surface area contributed by atoms with E-state index < -0.39 is 0 Å². The Kier molecular flexibility index (Phi) is 2.86. The summed E-state index contributed by atoms with van der Waals surface area (Å²) in [5, 5.41) is 4.35. The van der Waals surface area contributed by atoms with Crippen LogP contribution in [-0.2, 0) is 0 Å². The molecule has 0 aliphatic carbocycles. The molecular formula is C13H17ClN2. The SMILES string of the molecule is Clc1ccc(C2CC3CCCCC2N3)cn1. The van der Waals surface area contributed by atoms with Gasteiger partial charge in [0, 0.05) is 24.2 Å². The van der Waals surface area contributed by atoms with E-state index in [1.54, 1.807) is 0 Å². The summed E-state index contributed by atoms with van der Waals surface area (Å²) >= 11 is 5.83.